The van der Waals surface area contributed by atoms with Crippen molar-refractivity contribution in [3.8, 4) is 0 Å². The summed E-state index contributed by atoms with van der Waals surface area (Å²) in [5.74, 6) is 3.65. The number of hydrogen-bond donors (Lipinski definition) is 1. The van der Waals surface area contributed by atoms with Gasteiger partial charge in [-0.15, -0.1) is 0 Å². The summed E-state index contributed by atoms with van der Waals surface area (Å²) in [6, 6.07) is 0.284. The SMILES string of the molecule is CCCSCc1noc(C2COCC2NC)n1. The van der Waals surface area contributed by atoms with Crippen LogP contribution in [0, 0.1) is 0 Å². The third-order valence-corrected chi connectivity index (χ3v) is 3.99. The summed E-state index contributed by atoms with van der Waals surface area (Å²) in [4.78, 5) is 4.44. The molecule has 0 aromatic carbocycles. The Balaban J connectivity index is 1.93. The van der Waals surface area contributed by atoms with Crippen LogP contribution in [-0.4, -0.2) is 42.2 Å². The van der Waals surface area contributed by atoms with E-state index in [-0.39, 0.29) is 12.0 Å². The van der Waals surface area contributed by atoms with E-state index in [1.807, 2.05) is 18.8 Å². The average molecular weight is 257 g/mol. The molecule has 1 aromatic heterocycles. The molecule has 0 saturated carbocycles. The quantitative estimate of drug-likeness (QED) is 0.778. The number of hydrogen-bond acceptors (Lipinski definition) is 6. The lowest BCUT2D eigenvalue weighted by atomic mass is 10.0. The highest BCUT2D eigenvalue weighted by molar-refractivity contribution is 7.98. The van der Waals surface area contributed by atoms with Crippen LogP contribution in [0.2, 0.25) is 0 Å². The minimum atomic E-state index is 0.192. The first kappa shape index (κ1) is 12.9. The molecule has 0 spiro atoms. The standard InChI is InChI=1S/C11H19N3O2S/c1-3-4-17-7-10-13-11(16-14-10)8-5-15-6-9(8)12-2/h8-9,12H,3-7H2,1-2H3. The Hall–Kier alpha value is -0.590. The van der Waals surface area contributed by atoms with Gasteiger partial charge in [-0.2, -0.15) is 16.7 Å². The molecule has 2 rings (SSSR count). The van der Waals surface area contributed by atoms with Crippen molar-refractivity contribution >= 4 is 11.8 Å². The second-order valence-corrected chi connectivity index (χ2v) is 5.25. The molecule has 1 saturated heterocycles. The first-order valence-corrected chi connectivity index (χ1v) is 7.15. The lowest BCUT2D eigenvalue weighted by Gasteiger charge is -2.11. The molecule has 1 aliphatic heterocycles. The predicted octanol–water partition coefficient (Wildman–Crippen LogP) is 1.41. The average Bonchev–Trinajstić information content (AvgIpc) is 2.96. The van der Waals surface area contributed by atoms with E-state index in [0.29, 0.717) is 19.1 Å². The fourth-order valence-electron chi connectivity index (χ4n) is 1.87. The second-order valence-electron chi connectivity index (χ2n) is 4.14. The number of nitrogens with zero attached hydrogens (tertiary/aromatic N) is 2. The zero-order chi connectivity index (χ0) is 12.1. The van der Waals surface area contributed by atoms with Gasteiger partial charge < -0.3 is 14.6 Å². The van der Waals surface area contributed by atoms with E-state index in [1.54, 1.807) is 0 Å². The van der Waals surface area contributed by atoms with Crippen LogP contribution in [0.25, 0.3) is 0 Å². The van der Waals surface area contributed by atoms with Crippen molar-refractivity contribution in [1.29, 1.82) is 0 Å². The van der Waals surface area contributed by atoms with Gasteiger partial charge in [0.25, 0.3) is 0 Å². The molecule has 2 atom stereocenters. The highest BCUT2D eigenvalue weighted by atomic mass is 32.2. The Morgan fingerprint density at radius 3 is 3.12 bits per heavy atom. The first-order valence-electron chi connectivity index (χ1n) is 6.00. The van der Waals surface area contributed by atoms with Gasteiger partial charge in [-0.25, -0.2) is 0 Å². The van der Waals surface area contributed by atoms with Gasteiger partial charge >= 0.3 is 0 Å². The van der Waals surface area contributed by atoms with E-state index >= 15 is 0 Å². The van der Waals surface area contributed by atoms with Crippen LogP contribution in [0.3, 0.4) is 0 Å². The molecule has 1 N–H and O–H groups in total. The zero-order valence-corrected chi connectivity index (χ0v) is 11.1. The Morgan fingerprint density at radius 1 is 1.47 bits per heavy atom. The first-order chi connectivity index (χ1) is 8.35. The Kier molecular flexibility index (Phi) is 4.82. The number of aromatic nitrogens is 2. The van der Waals surface area contributed by atoms with Crippen LogP contribution in [0.5, 0.6) is 0 Å². The minimum Gasteiger partial charge on any atom is -0.379 e. The molecule has 1 aliphatic rings. The van der Waals surface area contributed by atoms with Crippen molar-refractivity contribution in [3.05, 3.63) is 11.7 Å². The highest BCUT2D eigenvalue weighted by Crippen LogP contribution is 2.24. The van der Waals surface area contributed by atoms with Gasteiger partial charge in [-0.3, -0.25) is 0 Å². The summed E-state index contributed by atoms with van der Waals surface area (Å²) in [5, 5.41) is 7.23. The van der Waals surface area contributed by atoms with Gasteiger partial charge in [0.1, 0.15) is 0 Å². The zero-order valence-electron chi connectivity index (χ0n) is 10.3. The largest absolute Gasteiger partial charge is 0.379 e. The van der Waals surface area contributed by atoms with Gasteiger partial charge in [0, 0.05) is 6.04 Å². The summed E-state index contributed by atoms with van der Waals surface area (Å²) in [5.41, 5.74) is 0. The number of likely N-dealkylation sites (N-methyl/N-ethyl adjacent to an activating group) is 1. The molecule has 0 amide bonds. The van der Waals surface area contributed by atoms with E-state index in [1.165, 1.54) is 6.42 Å². The van der Waals surface area contributed by atoms with Crippen molar-refractivity contribution in [2.24, 2.45) is 0 Å². The van der Waals surface area contributed by atoms with E-state index in [2.05, 4.69) is 22.4 Å². The minimum absolute atomic E-state index is 0.192. The molecule has 17 heavy (non-hydrogen) atoms. The molecule has 0 bridgehead atoms. The summed E-state index contributed by atoms with van der Waals surface area (Å²) >= 11 is 1.84. The van der Waals surface area contributed by atoms with Crippen LogP contribution in [0.1, 0.15) is 31.0 Å². The Labute approximate surface area is 106 Å². The fourth-order valence-corrected chi connectivity index (χ4v) is 2.60. The van der Waals surface area contributed by atoms with Gasteiger partial charge in [0.15, 0.2) is 5.82 Å². The summed E-state index contributed by atoms with van der Waals surface area (Å²) in [6.07, 6.45) is 1.17. The number of nitrogens with one attached hydrogen (secondary N) is 1. The van der Waals surface area contributed by atoms with Gasteiger partial charge in [-0.1, -0.05) is 12.1 Å². The summed E-state index contributed by atoms with van der Waals surface area (Å²) in [6.45, 7) is 3.54. The van der Waals surface area contributed by atoms with E-state index in [9.17, 15) is 0 Å². The van der Waals surface area contributed by atoms with Crippen LogP contribution < -0.4 is 5.32 Å². The third kappa shape index (κ3) is 3.20. The van der Waals surface area contributed by atoms with Crippen molar-refractivity contribution in [2.75, 3.05) is 26.0 Å². The molecule has 2 unspecified atom stereocenters. The van der Waals surface area contributed by atoms with E-state index in [0.717, 1.165) is 17.3 Å². The number of thioether (sulfide) groups is 1. The summed E-state index contributed by atoms with van der Waals surface area (Å²) < 4.78 is 10.7. The topological polar surface area (TPSA) is 60.2 Å². The molecule has 1 fully saturated rings. The van der Waals surface area contributed by atoms with Crippen LogP contribution in [0.4, 0.5) is 0 Å². The monoisotopic (exact) mass is 257 g/mol. The predicted molar refractivity (Wildman–Crippen MR) is 67.2 cm³/mol. The molecule has 96 valence electrons. The van der Waals surface area contributed by atoms with E-state index < -0.39 is 0 Å². The summed E-state index contributed by atoms with van der Waals surface area (Å²) in [7, 11) is 1.93. The van der Waals surface area contributed by atoms with Crippen molar-refractivity contribution in [3.63, 3.8) is 0 Å². The Bertz CT molecular complexity index is 345. The van der Waals surface area contributed by atoms with Gasteiger partial charge in [0.2, 0.25) is 5.89 Å². The lowest BCUT2D eigenvalue weighted by Crippen LogP contribution is -2.31. The van der Waals surface area contributed by atoms with Crippen LogP contribution in [-0.2, 0) is 10.5 Å². The van der Waals surface area contributed by atoms with Crippen LogP contribution >= 0.6 is 11.8 Å². The number of ether oxygens (including phenoxy) is 1. The highest BCUT2D eigenvalue weighted by Gasteiger charge is 2.32. The molecule has 5 nitrogen and oxygen atoms in total. The van der Waals surface area contributed by atoms with Crippen molar-refractivity contribution < 1.29 is 9.26 Å². The third-order valence-electron chi connectivity index (χ3n) is 2.83. The molecule has 0 aliphatic carbocycles. The second kappa shape index (κ2) is 6.37. The van der Waals surface area contributed by atoms with Crippen molar-refractivity contribution in [1.82, 2.24) is 15.5 Å². The molecule has 2 heterocycles. The number of rotatable bonds is 6. The van der Waals surface area contributed by atoms with Crippen LogP contribution in [0.15, 0.2) is 4.52 Å². The normalized spacial score (nSPS) is 24.4. The van der Waals surface area contributed by atoms with Gasteiger partial charge in [-0.05, 0) is 19.2 Å². The fraction of sp³-hybridized carbons (Fsp3) is 0.818. The lowest BCUT2D eigenvalue weighted by molar-refractivity contribution is 0.185. The Morgan fingerprint density at radius 2 is 2.35 bits per heavy atom. The van der Waals surface area contributed by atoms with E-state index in [4.69, 9.17) is 9.26 Å². The molecular formula is C11H19N3O2S. The molecule has 0 radical (unpaired) electrons. The molecular weight excluding hydrogens is 238 g/mol. The maximum absolute atomic E-state index is 5.43. The van der Waals surface area contributed by atoms with Crippen molar-refractivity contribution in [2.45, 2.75) is 31.1 Å². The van der Waals surface area contributed by atoms with Gasteiger partial charge in [0.05, 0.1) is 24.9 Å². The smallest absolute Gasteiger partial charge is 0.233 e. The molecule has 6 heteroatoms. The molecule has 1 aromatic rings. The maximum Gasteiger partial charge on any atom is 0.233 e. The maximum atomic E-state index is 5.43.